The molecule has 10 nitrogen and oxygen atoms in total. The number of rotatable bonds is 9. The highest BCUT2D eigenvalue weighted by Crippen LogP contribution is 2.46. The maximum absolute atomic E-state index is 13.7. The Kier molecular flexibility index (Phi) is 8.45. The Morgan fingerprint density at radius 1 is 1.16 bits per heavy atom. The molecule has 0 saturated carbocycles. The number of esters is 1. The maximum atomic E-state index is 13.7. The minimum atomic E-state index is -1.07. The number of ether oxygens (including phenoxy) is 4. The number of nitrogens with zero attached hydrogens (tertiary/aromatic N) is 2. The molecule has 1 fully saturated rings. The lowest BCUT2D eigenvalue weighted by Gasteiger charge is -2.24. The van der Waals surface area contributed by atoms with E-state index in [0.717, 1.165) is 23.3 Å². The van der Waals surface area contributed by atoms with Crippen LogP contribution < -0.4 is 19.1 Å². The molecule has 1 aromatic heterocycles. The lowest BCUT2D eigenvalue weighted by Crippen LogP contribution is -2.29. The second kappa shape index (κ2) is 12.1. The van der Waals surface area contributed by atoms with Crippen molar-refractivity contribution in [2.75, 3.05) is 25.7 Å². The number of aliphatic hydroxyl groups is 1. The number of aryl methyl sites for hydroxylation is 1. The van der Waals surface area contributed by atoms with E-state index in [4.69, 9.17) is 18.9 Å². The summed E-state index contributed by atoms with van der Waals surface area (Å²) >= 11 is 0.937. The number of hydrogen-bond donors (Lipinski definition) is 1. The van der Waals surface area contributed by atoms with E-state index < -0.39 is 23.7 Å². The predicted octanol–water partition coefficient (Wildman–Crippen LogP) is 5.62. The molecule has 1 saturated heterocycles. The standard InChI is InChI=1S/C32H34N2O8S/c1-16(2)11-12-41-23-10-7-19(15-24(23)39-5)26-25(27(35)20-8-9-22-21(14-20)13-17(3)42-22)28(36)30(37)34(26)32-33-18(4)29(43-32)31(38)40-6/h7-10,14-17,26,35H,11-13H2,1-6H3. The third-order valence-corrected chi connectivity index (χ3v) is 8.57. The highest BCUT2D eigenvalue weighted by Gasteiger charge is 2.48. The first-order valence-electron chi connectivity index (χ1n) is 14.0. The monoisotopic (exact) mass is 606 g/mol. The molecule has 0 bridgehead atoms. The number of anilines is 1. The number of carbonyl (C=O) groups is 3. The van der Waals surface area contributed by atoms with E-state index in [1.165, 1.54) is 19.1 Å². The van der Waals surface area contributed by atoms with Crippen LogP contribution in [-0.2, 0) is 20.7 Å². The summed E-state index contributed by atoms with van der Waals surface area (Å²) in [6.07, 6.45) is 1.49. The van der Waals surface area contributed by atoms with Crippen molar-refractivity contribution in [1.82, 2.24) is 4.98 Å². The number of aromatic nitrogens is 1. The van der Waals surface area contributed by atoms with Crippen LogP contribution >= 0.6 is 11.3 Å². The molecule has 0 aliphatic carbocycles. The summed E-state index contributed by atoms with van der Waals surface area (Å²) in [6.45, 7) is 8.27. The van der Waals surface area contributed by atoms with E-state index in [-0.39, 0.29) is 27.4 Å². The van der Waals surface area contributed by atoms with Crippen molar-refractivity contribution in [2.24, 2.45) is 5.92 Å². The van der Waals surface area contributed by atoms with Crippen LogP contribution in [-0.4, -0.2) is 54.7 Å². The minimum Gasteiger partial charge on any atom is -0.507 e. The highest BCUT2D eigenvalue weighted by molar-refractivity contribution is 7.17. The number of Topliss-reactive ketones (excluding diaryl/α,β-unsaturated/α-hetero) is 1. The molecule has 5 rings (SSSR count). The molecule has 3 aromatic rings. The minimum absolute atomic E-state index is 0.0103. The number of fused-ring (bicyclic) bond motifs is 1. The van der Waals surface area contributed by atoms with Gasteiger partial charge in [-0.3, -0.25) is 14.5 Å². The first-order chi connectivity index (χ1) is 20.5. The Bertz CT molecular complexity index is 1630. The van der Waals surface area contributed by atoms with Crippen LogP contribution in [0.1, 0.15) is 65.3 Å². The second-order valence-corrected chi connectivity index (χ2v) is 11.9. The average Bonchev–Trinajstić information content (AvgIpc) is 3.63. The fourth-order valence-corrected chi connectivity index (χ4v) is 6.23. The SMILES string of the molecule is COC(=O)c1sc(N2C(=O)C(=O)C(=C(O)c3ccc4c(c3)CC(C)O4)C2c2ccc(OCCC(C)C)c(OC)c2)nc1C. The van der Waals surface area contributed by atoms with Gasteiger partial charge in [0.25, 0.3) is 5.78 Å². The Balaban J connectivity index is 1.65. The van der Waals surface area contributed by atoms with Gasteiger partial charge in [-0.05, 0) is 67.6 Å². The molecule has 0 radical (unpaired) electrons. The van der Waals surface area contributed by atoms with Crippen molar-refractivity contribution < 1.29 is 38.4 Å². The number of hydrogen-bond acceptors (Lipinski definition) is 10. The van der Waals surface area contributed by atoms with E-state index in [1.807, 2.05) is 6.92 Å². The quantitative estimate of drug-likeness (QED) is 0.143. The van der Waals surface area contributed by atoms with E-state index in [1.54, 1.807) is 43.3 Å². The molecular formula is C32H34N2O8S. The first-order valence-corrected chi connectivity index (χ1v) is 14.8. The van der Waals surface area contributed by atoms with Gasteiger partial charge in [0.1, 0.15) is 22.5 Å². The average molecular weight is 607 g/mol. The van der Waals surface area contributed by atoms with Gasteiger partial charge in [0.05, 0.1) is 38.1 Å². The van der Waals surface area contributed by atoms with Crippen molar-refractivity contribution in [2.45, 2.75) is 52.7 Å². The van der Waals surface area contributed by atoms with Crippen molar-refractivity contribution >= 4 is 39.9 Å². The summed E-state index contributed by atoms with van der Waals surface area (Å²) in [6, 6.07) is 9.23. The zero-order valence-electron chi connectivity index (χ0n) is 24.9. The number of carbonyl (C=O) groups excluding carboxylic acids is 3. The van der Waals surface area contributed by atoms with Gasteiger partial charge in [0.2, 0.25) is 0 Å². The normalized spacial score (nSPS) is 19.0. The Morgan fingerprint density at radius 2 is 1.93 bits per heavy atom. The largest absolute Gasteiger partial charge is 0.507 e. The van der Waals surface area contributed by atoms with Crippen LogP contribution in [0.3, 0.4) is 0 Å². The van der Waals surface area contributed by atoms with E-state index in [0.29, 0.717) is 53.0 Å². The van der Waals surface area contributed by atoms with Gasteiger partial charge < -0.3 is 24.1 Å². The number of amides is 1. The summed E-state index contributed by atoms with van der Waals surface area (Å²) < 4.78 is 22.3. The molecule has 0 spiro atoms. The number of benzene rings is 2. The van der Waals surface area contributed by atoms with Crippen molar-refractivity contribution in [1.29, 1.82) is 0 Å². The third kappa shape index (κ3) is 5.69. The smallest absolute Gasteiger partial charge is 0.350 e. The molecule has 2 unspecified atom stereocenters. The summed E-state index contributed by atoms with van der Waals surface area (Å²) in [5, 5.41) is 11.8. The predicted molar refractivity (Wildman–Crippen MR) is 161 cm³/mol. The van der Waals surface area contributed by atoms with Gasteiger partial charge in [-0.1, -0.05) is 31.3 Å². The molecular weight excluding hydrogens is 572 g/mol. The van der Waals surface area contributed by atoms with Crippen molar-refractivity contribution in [3.8, 4) is 17.2 Å². The van der Waals surface area contributed by atoms with Gasteiger partial charge in [-0.15, -0.1) is 0 Å². The molecule has 226 valence electrons. The number of aliphatic hydroxyl groups excluding tert-OH is 1. The third-order valence-electron chi connectivity index (χ3n) is 7.43. The van der Waals surface area contributed by atoms with Gasteiger partial charge in [-0.2, -0.15) is 0 Å². The summed E-state index contributed by atoms with van der Waals surface area (Å²) in [5.41, 5.74) is 2.00. The zero-order valence-corrected chi connectivity index (χ0v) is 25.7. The van der Waals surface area contributed by atoms with Crippen LogP contribution in [0.4, 0.5) is 5.13 Å². The van der Waals surface area contributed by atoms with Gasteiger partial charge in [0.15, 0.2) is 16.6 Å². The Labute approximate surface area is 253 Å². The summed E-state index contributed by atoms with van der Waals surface area (Å²) in [7, 11) is 2.76. The number of ketones is 1. The van der Waals surface area contributed by atoms with Gasteiger partial charge in [-0.25, -0.2) is 9.78 Å². The molecule has 2 aliphatic rings. The molecule has 2 aromatic carbocycles. The molecule has 2 atom stereocenters. The Morgan fingerprint density at radius 3 is 2.63 bits per heavy atom. The molecule has 2 aliphatic heterocycles. The van der Waals surface area contributed by atoms with E-state index in [2.05, 4.69) is 18.8 Å². The second-order valence-electron chi connectivity index (χ2n) is 11.0. The topological polar surface area (TPSA) is 124 Å². The summed E-state index contributed by atoms with van der Waals surface area (Å²) in [4.78, 5) is 45.6. The van der Waals surface area contributed by atoms with Gasteiger partial charge >= 0.3 is 11.9 Å². The van der Waals surface area contributed by atoms with Gasteiger partial charge in [0, 0.05) is 12.0 Å². The van der Waals surface area contributed by atoms with Crippen LogP contribution in [0.15, 0.2) is 42.0 Å². The number of methoxy groups -OCH3 is 2. The van der Waals surface area contributed by atoms with Crippen LogP contribution in [0, 0.1) is 12.8 Å². The zero-order chi connectivity index (χ0) is 31.0. The van der Waals surface area contributed by atoms with Crippen LogP contribution in [0.25, 0.3) is 5.76 Å². The van der Waals surface area contributed by atoms with Crippen molar-refractivity contribution in [3.05, 3.63) is 69.2 Å². The fourth-order valence-electron chi connectivity index (χ4n) is 5.22. The highest BCUT2D eigenvalue weighted by atomic mass is 32.1. The first kappa shape index (κ1) is 30.1. The molecule has 1 amide bonds. The number of thiazole rings is 1. The fraction of sp³-hybridized carbons (Fsp3) is 0.375. The molecule has 1 N–H and O–H groups in total. The van der Waals surface area contributed by atoms with E-state index in [9.17, 15) is 19.5 Å². The maximum Gasteiger partial charge on any atom is 0.350 e. The lowest BCUT2D eigenvalue weighted by atomic mass is 9.94. The lowest BCUT2D eigenvalue weighted by molar-refractivity contribution is -0.132. The van der Waals surface area contributed by atoms with Crippen LogP contribution in [0.5, 0.6) is 17.2 Å². The van der Waals surface area contributed by atoms with Crippen molar-refractivity contribution in [3.63, 3.8) is 0 Å². The Hall–Kier alpha value is -4.38. The molecule has 43 heavy (non-hydrogen) atoms. The molecule has 11 heteroatoms. The van der Waals surface area contributed by atoms with Crippen LogP contribution in [0.2, 0.25) is 0 Å². The molecule has 3 heterocycles. The van der Waals surface area contributed by atoms with E-state index >= 15 is 0 Å². The summed E-state index contributed by atoms with van der Waals surface area (Å²) in [5.74, 6) is -0.611.